The molecular weight excluding hydrogens is 440 g/mol. The Morgan fingerprint density at radius 3 is 2.23 bits per heavy atom. The molecule has 7 heteroatoms. The van der Waals surface area contributed by atoms with E-state index >= 15 is 0 Å². The molecule has 0 saturated carbocycles. The lowest BCUT2D eigenvalue weighted by Crippen LogP contribution is -2.52. The Bertz CT molecular complexity index is 1060. The molecule has 35 heavy (non-hydrogen) atoms. The smallest absolute Gasteiger partial charge is 0.243 e. The van der Waals surface area contributed by atoms with Crippen LogP contribution in [-0.2, 0) is 29.2 Å². The molecular formula is C28H34N4O3. The molecule has 1 aromatic heterocycles. The van der Waals surface area contributed by atoms with Gasteiger partial charge in [0.2, 0.25) is 11.8 Å². The molecule has 3 rings (SSSR count). The van der Waals surface area contributed by atoms with Crippen molar-refractivity contribution in [2.24, 2.45) is 11.7 Å². The number of amides is 2. The molecule has 0 aliphatic heterocycles. The van der Waals surface area contributed by atoms with E-state index < -0.39 is 12.1 Å². The van der Waals surface area contributed by atoms with Gasteiger partial charge in [0.15, 0.2) is 0 Å². The number of nitrogens with zero attached hydrogens (tertiary/aromatic N) is 1. The number of nitrogens with two attached hydrogens (primary N) is 1. The molecule has 0 radical (unpaired) electrons. The summed E-state index contributed by atoms with van der Waals surface area (Å²) in [5.41, 5.74) is 8.97. The quantitative estimate of drug-likeness (QED) is 0.373. The average Bonchev–Trinajstić information content (AvgIpc) is 2.87. The fourth-order valence-electron chi connectivity index (χ4n) is 3.61. The van der Waals surface area contributed by atoms with Gasteiger partial charge in [-0.2, -0.15) is 0 Å². The number of ether oxygens (including phenoxy) is 1. The van der Waals surface area contributed by atoms with E-state index in [1.807, 2.05) is 80.6 Å². The van der Waals surface area contributed by atoms with Crippen molar-refractivity contribution < 1.29 is 14.3 Å². The van der Waals surface area contributed by atoms with E-state index in [2.05, 4.69) is 15.6 Å². The number of benzene rings is 2. The highest BCUT2D eigenvalue weighted by molar-refractivity contribution is 5.89. The maximum atomic E-state index is 13.0. The third-order valence-electron chi connectivity index (χ3n) is 5.52. The van der Waals surface area contributed by atoms with E-state index in [0.717, 1.165) is 22.4 Å². The average molecular weight is 475 g/mol. The number of carbonyl (C=O) groups excluding carboxylic acids is 2. The van der Waals surface area contributed by atoms with E-state index in [1.54, 1.807) is 12.4 Å². The van der Waals surface area contributed by atoms with Crippen LogP contribution in [-0.4, -0.2) is 28.9 Å². The molecule has 1 heterocycles. The van der Waals surface area contributed by atoms with Crippen LogP contribution in [0.2, 0.25) is 0 Å². The van der Waals surface area contributed by atoms with Crippen LogP contribution in [0.4, 0.5) is 0 Å². The molecule has 3 aromatic rings. The van der Waals surface area contributed by atoms with Gasteiger partial charge in [-0.1, -0.05) is 56.3 Å². The highest BCUT2D eigenvalue weighted by Crippen LogP contribution is 2.16. The monoisotopic (exact) mass is 474 g/mol. The molecule has 2 aromatic carbocycles. The molecule has 2 atom stereocenters. The van der Waals surface area contributed by atoms with Crippen LogP contribution in [0.3, 0.4) is 0 Å². The summed E-state index contributed by atoms with van der Waals surface area (Å²) in [5.74, 6) is 0.416. The first kappa shape index (κ1) is 25.9. The minimum Gasteiger partial charge on any atom is -0.489 e. The standard InChI is InChI=1S/C28H34N4O3/c1-20(2)16-25(29)27(33)32-26(28(34)31-18-22-12-14-30-15-13-22)17-21-8-10-24(11-9-21)35-19-23-6-4-3-5-7-23/h3-15,20,25-26H,16-19,29H2,1-2H3,(H,31,34)(H,32,33). The van der Waals surface area contributed by atoms with Crippen LogP contribution in [0, 0.1) is 5.92 Å². The fraction of sp³-hybridized carbons (Fsp3) is 0.321. The lowest BCUT2D eigenvalue weighted by Gasteiger charge is -2.22. The molecule has 2 amide bonds. The molecule has 0 aliphatic carbocycles. The van der Waals surface area contributed by atoms with Crippen molar-refractivity contribution in [1.29, 1.82) is 0 Å². The SMILES string of the molecule is CC(C)CC(N)C(=O)NC(Cc1ccc(OCc2ccccc2)cc1)C(=O)NCc1ccncc1. The maximum Gasteiger partial charge on any atom is 0.243 e. The Morgan fingerprint density at radius 2 is 1.57 bits per heavy atom. The second kappa shape index (κ2) is 13.2. The highest BCUT2D eigenvalue weighted by atomic mass is 16.5. The van der Waals surface area contributed by atoms with E-state index in [-0.39, 0.29) is 17.7 Å². The number of rotatable bonds is 12. The Morgan fingerprint density at radius 1 is 0.886 bits per heavy atom. The molecule has 0 spiro atoms. The number of hydrogen-bond acceptors (Lipinski definition) is 5. The molecule has 0 bridgehead atoms. The third kappa shape index (κ3) is 8.87. The summed E-state index contributed by atoms with van der Waals surface area (Å²) in [7, 11) is 0. The van der Waals surface area contributed by atoms with Gasteiger partial charge in [-0.3, -0.25) is 14.6 Å². The second-order valence-corrected chi connectivity index (χ2v) is 8.99. The normalized spacial score (nSPS) is 12.6. The van der Waals surface area contributed by atoms with Crippen molar-refractivity contribution in [3.05, 3.63) is 95.8 Å². The van der Waals surface area contributed by atoms with Gasteiger partial charge < -0.3 is 21.1 Å². The zero-order valence-electron chi connectivity index (χ0n) is 20.3. The van der Waals surface area contributed by atoms with Gasteiger partial charge in [0.1, 0.15) is 18.4 Å². The number of pyridine rings is 1. The summed E-state index contributed by atoms with van der Waals surface area (Å²) >= 11 is 0. The third-order valence-corrected chi connectivity index (χ3v) is 5.52. The summed E-state index contributed by atoms with van der Waals surface area (Å²) < 4.78 is 5.85. The van der Waals surface area contributed by atoms with Gasteiger partial charge in [-0.15, -0.1) is 0 Å². The van der Waals surface area contributed by atoms with Crippen molar-refractivity contribution >= 4 is 11.8 Å². The van der Waals surface area contributed by atoms with Gasteiger partial charge >= 0.3 is 0 Å². The van der Waals surface area contributed by atoms with Gasteiger partial charge in [0.05, 0.1) is 6.04 Å². The summed E-state index contributed by atoms with van der Waals surface area (Å²) in [6.07, 6.45) is 4.23. The van der Waals surface area contributed by atoms with Gasteiger partial charge in [-0.05, 0) is 53.3 Å². The van der Waals surface area contributed by atoms with E-state index in [4.69, 9.17) is 10.5 Å². The van der Waals surface area contributed by atoms with Crippen LogP contribution >= 0.6 is 0 Å². The van der Waals surface area contributed by atoms with Gasteiger partial charge in [0.25, 0.3) is 0 Å². The van der Waals surface area contributed by atoms with Crippen molar-refractivity contribution in [2.75, 3.05) is 0 Å². The minimum absolute atomic E-state index is 0.267. The fourth-order valence-corrected chi connectivity index (χ4v) is 3.61. The summed E-state index contributed by atoms with van der Waals surface area (Å²) in [5, 5.41) is 5.76. The number of hydrogen-bond donors (Lipinski definition) is 3. The molecule has 0 saturated heterocycles. The number of carbonyl (C=O) groups is 2. The summed E-state index contributed by atoms with van der Waals surface area (Å²) in [6.45, 7) is 4.84. The van der Waals surface area contributed by atoms with Crippen LogP contribution in [0.1, 0.15) is 37.0 Å². The molecule has 4 N–H and O–H groups in total. The van der Waals surface area contributed by atoms with Crippen LogP contribution in [0.15, 0.2) is 79.1 Å². The van der Waals surface area contributed by atoms with Crippen LogP contribution < -0.4 is 21.1 Å². The van der Waals surface area contributed by atoms with Gasteiger partial charge in [-0.25, -0.2) is 0 Å². The van der Waals surface area contributed by atoms with Crippen LogP contribution in [0.25, 0.3) is 0 Å². The molecule has 0 fully saturated rings. The largest absolute Gasteiger partial charge is 0.489 e. The number of nitrogens with one attached hydrogen (secondary N) is 2. The van der Waals surface area contributed by atoms with E-state index in [0.29, 0.717) is 26.0 Å². The van der Waals surface area contributed by atoms with Crippen molar-refractivity contribution in [1.82, 2.24) is 15.6 Å². The van der Waals surface area contributed by atoms with E-state index in [1.165, 1.54) is 0 Å². The van der Waals surface area contributed by atoms with Crippen LogP contribution in [0.5, 0.6) is 5.75 Å². The highest BCUT2D eigenvalue weighted by Gasteiger charge is 2.24. The zero-order chi connectivity index (χ0) is 25.0. The Hall–Kier alpha value is -3.71. The lowest BCUT2D eigenvalue weighted by molar-refractivity contribution is -0.129. The predicted octanol–water partition coefficient (Wildman–Crippen LogP) is 3.38. The second-order valence-electron chi connectivity index (χ2n) is 8.99. The first-order chi connectivity index (χ1) is 16.9. The number of aromatic nitrogens is 1. The van der Waals surface area contributed by atoms with Gasteiger partial charge in [0, 0.05) is 25.4 Å². The van der Waals surface area contributed by atoms with Crippen molar-refractivity contribution in [3.63, 3.8) is 0 Å². The summed E-state index contributed by atoms with van der Waals surface area (Å²) in [6, 6.07) is 19.7. The Balaban J connectivity index is 1.64. The molecule has 7 nitrogen and oxygen atoms in total. The van der Waals surface area contributed by atoms with Crippen molar-refractivity contribution in [3.8, 4) is 5.75 Å². The van der Waals surface area contributed by atoms with Crippen molar-refractivity contribution in [2.45, 2.75) is 51.9 Å². The van der Waals surface area contributed by atoms with E-state index in [9.17, 15) is 9.59 Å². The maximum absolute atomic E-state index is 13.0. The molecule has 2 unspecified atom stereocenters. The zero-order valence-corrected chi connectivity index (χ0v) is 20.3. The minimum atomic E-state index is -0.751. The molecule has 184 valence electrons. The first-order valence-corrected chi connectivity index (χ1v) is 11.9. The Labute approximate surface area is 207 Å². The first-order valence-electron chi connectivity index (χ1n) is 11.9. The summed E-state index contributed by atoms with van der Waals surface area (Å²) in [4.78, 5) is 29.7. The Kier molecular flexibility index (Phi) is 9.80. The lowest BCUT2D eigenvalue weighted by atomic mass is 10.0. The molecule has 0 aliphatic rings. The topological polar surface area (TPSA) is 106 Å². The predicted molar refractivity (Wildman–Crippen MR) is 136 cm³/mol.